The van der Waals surface area contributed by atoms with Crippen LogP contribution in [0.5, 0.6) is 0 Å². The van der Waals surface area contributed by atoms with Crippen LogP contribution in [0.3, 0.4) is 0 Å². The second-order valence-corrected chi connectivity index (χ2v) is 22.5. The summed E-state index contributed by atoms with van der Waals surface area (Å²) in [5, 5.41) is 0. The minimum absolute atomic E-state index is 0.0554. The second-order valence-electron chi connectivity index (χ2n) is 22.5. The van der Waals surface area contributed by atoms with Crippen LogP contribution in [0.25, 0.3) is 56.3 Å². The van der Waals surface area contributed by atoms with E-state index in [1.54, 1.807) is 24.6 Å². The third-order valence-electron chi connectivity index (χ3n) is 16.3. The number of rotatable bonds is 10. The van der Waals surface area contributed by atoms with Gasteiger partial charge in [-0.25, -0.2) is 22.8 Å². The number of hydrogen-bond acceptors (Lipinski definition) is 0. The maximum Gasteiger partial charge on any atom is 0.212 e. The van der Waals surface area contributed by atoms with E-state index in [4.69, 9.17) is 9.60 Å². The van der Waals surface area contributed by atoms with Gasteiger partial charge in [-0.3, -0.25) is 0 Å². The molecule has 0 radical (unpaired) electrons. The Morgan fingerprint density at radius 2 is 0.518 bits per heavy atom. The number of benzene rings is 5. The van der Waals surface area contributed by atoms with Crippen LogP contribution < -0.4 is 22.8 Å². The van der Waals surface area contributed by atoms with Crippen LogP contribution >= 0.6 is 0 Å². The van der Waals surface area contributed by atoms with Crippen molar-refractivity contribution in [3.05, 3.63) is 266 Å². The lowest BCUT2D eigenvalue weighted by molar-refractivity contribution is -0.661. The monoisotopic (exact) mass is 1140 g/mol. The van der Waals surface area contributed by atoms with Gasteiger partial charge in [0.2, 0.25) is 28.5 Å². The van der Waals surface area contributed by atoms with Crippen molar-refractivity contribution in [2.45, 2.75) is 136 Å². The molecule has 0 aliphatic rings. The number of pyridine rings is 5. The Bertz CT molecular complexity index is 4090. The third-order valence-corrected chi connectivity index (χ3v) is 16.3. The standard InChI is InChI=1S/5C16H20N/c2*1-5-14-10-16(17(4)11-13(14)3)15-9-7-6-8-12(15)2;3*1-5-14-11-17(4)16(10-13(14)3)15-9-7-6-8-12(15)2/h5*6-11H,5H2,1-4H3/q5*+1/i3D3,5D2;;5D2;;. The van der Waals surface area contributed by atoms with Crippen LogP contribution in [0.15, 0.2) is 183 Å². The summed E-state index contributed by atoms with van der Waals surface area (Å²) in [4.78, 5) is 0. The van der Waals surface area contributed by atoms with E-state index in [2.05, 4.69) is 232 Å². The van der Waals surface area contributed by atoms with Crippen molar-refractivity contribution in [1.29, 1.82) is 0 Å². The molecule has 0 unspecified atom stereocenters. The van der Waals surface area contributed by atoms with Crippen molar-refractivity contribution in [2.24, 2.45) is 35.2 Å². The molecule has 0 spiro atoms. The van der Waals surface area contributed by atoms with Crippen molar-refractivity contribution in [3.63, 3.8) is 0 Å². The summed E-state index contributed by atoms with van der Waals surface area (Å²) in [5.41, 5.74) is 28.6. The predicted octanol–water partition coefficient (Wildman–Crippen LogP) is 16.8. The SMILES string of the molecule is CCc1c[n+](C)c(-c2ccccc2C)cc1C.CCc1c[n+](C)c(-c2ccccc2C)cc1C.CCc1cc(-c2ccccc2C)[n+](C)cc1C.[2H]C([2H])(C)c1c[n+](C)c(-c2ccccc2C)cc1C.[2H]C([2H])([2H])c1c[n+](C)c(-c2ccccc2C)cc1C([2H])([2H])C. The molecule has 0 saturated heterocycles. The molecular formula is C80H100N5+5. The van der Waals surface area contributed by atoms with Gasteiger partial charge in [-0.15, -0.1) is 0 Å². The van der Waals surface area contributed by atoms with Crippen LogP contribution in [0, 0.1) is 69.2 Å². The summed E-state index contributed by atoms with van der Waals surface area (Å²) in [6.45, 7) is 26.4. The lowest BCUT2D eigenvalue weighted by atomic mass is 10.0. The summed E-state index contributed by atoms with van der Waals surface area (Å²) in [7, 11) is 10.1. The fourth-order valence-electron chi connectivity index (χ4n) is 11.1. The second kappa shape index (κ2) is 31.1. The number of hydrogen-bond donors (Lipinski definition) is 0. The Morgan fingerprint density at radius 3 is 0.800 bits per heavy atom. The van der Waals surface area contributed by atoms with E-state index in [1.807, 2.05) is 68.1 Å². The largest absolute Gasteiger partial charge is 0.212 e. The molecule has 0 N–H and O–H groups in total. The average Bonchev–Trinajstić information content (AvgIpc) is 0.789. The molecule has 0 aliphatic carbocycles. The molecule has 0 amide bonds. The van der Waals surface area contributed by atoms with Gasteiger partial charge >= 0.3 is 0 Å². The number of aryl methyl sites for hydroxylation is 20. The highest BCUT2D eigenvalue weighted by atomic mass is 14.9. The highest BCUT2D eigenvalue weighted by Gasteiger charge is 2.19. The Labute approximate surface area is 523 Å². The molecule has 0 fully saturated rings. The molecule has 0 atom stereocenters. The molecule has 5 heteroatoms. The molecule has 10 aromatic rings. The van der Waals surface area contributed by atoms with Gasteiger partial charge in [0.25, 0.3) is 0 Å². The highest BCUT2D eigenvalue weighted by Crippen LogP contribution is 2.27. The first kappa shape index (κ1) is 56.0. The molecule has 5 aromatic carbocycles. The predicted molar refractivity (Wildman–Crippen MR) is 360 cm³/mol. The van der Waals surface area contributed by atoms with Crippen LogP contribution in [0.1, 0.15) is 128 Å². The topological polar surface area (TPSA) is 19.4 Å². The summed E-state index contributed by atoms with van der Waals surface area (Å²) < 4.78 is 65.1. The maximum absolute atomic E-state index is 7.98. The Morgan fingerprint density at radius 1 is 0.271 bits per heavy atom. The molecule has 10 rings (SSSR count). The minimum atomic E-state index is -2.35. The van der Waals surface area contributed by atoms with Gasteiger partial charge in [-0.2, -0.15) is 0 Å². The first-order valence-corrected chi connectivity index (χ1v) is 30.0. The quantitative estimate of drug-likeness (QED) is 0.122. The van der Waals surface area contributed by atoms with Gasteiger partial charge in [-0.1, -0.05) is 126 Å². The Kier molecular flexibility index (Phi) is 20.5. The maximum atomic E-state index is 7.98. The van der Waals surface area contributed by atoms with Gasteiger partial charge < -0.3 is 0 Å². The van der Waals surface area contributed by atoms with E-state index in [0.29, 0.717) is 0 Å². The lowest BCUT2D eigenvalue weighted by Gasteiger charge is -2.07. The average molecular weight is 1140 g/mol. The van der Waals surface area contributed by atoms with Gasteiger partial charge in [0.15, 0.2) is 31.0 Å². The zero-order chi connectivity index (χ0) is 68.2. The number of nitrogens with zero attached hydrogens (tertiary/aromatic N) is 5. The molecule has 5 heterocycles. The summed E-state index contributed by atoms with van der Waals surface area (Å²) >= 11 is 0. The Balaban J connectivity index is 0.000000183. The van der Waals surface area contributed by atoms with E-state index in [1.165, 1.54) is 108 Å². The summed E-state index contributed by atoms with van der Waals surface area (Å²) in [6, 6.07) is 52.3. The van der Waals surface area contributed by atoms with Crippen LogP contribution in [0.4, 0.5) is 0 Å². The Hall–Kier alpha value is -8.15. The molecule has 0 saturated carbocycles. The first-order chi connectivity index (χ1) is 43.2. The van der Waals surface area contributed by atoms with Crippen molar-refractivity contribution in [2.75, 3.05) is 0 Å². The van der Waals surface area contributed by atoms with Crippen LogP contribution in [-0.4, -0.2) is 0 Å². The normalized spacial score (nSPS) is 12.3. The van der Waals surface area contributed by atoms with E-state index in [-0.39, 0.29) is 11.1 Å². The highest BCUT2D eigenvalue weighted by molar-refractivity contribution is 5.65. The molecule has 5 aromatic heterocycles. The molecule has 440 valence electrons. The van der Waals surface area contributed by atoms with E-state index >= 15 is 0 Å². The zero-order valence-corrected chi connectivity index (χ0v) is 54.7. The van der Waals surface area contributed by atoms with Crippen molar-refractivity contribution in [3.8, 4) is 56.3 Å². The fraction of sp³-hybridized carbons (Fsp3) is 0.312. The van der Waals surface area contributed by atoms with E-state index < -0.39 is 19.6 Å². The lowest BCUT2D eigenvalue weighted by Crippen LogP contribution is -2.32. The van der Waals surface area contributed by atoms with E-state index in [0.717, 1.165) is 52.9 Å². The zero-order valence-electron chi connectivity index (χ0n) is 61.7. The molecule has 0 bridgehead atoms. The summed E-state index contributed by atoms with van der Waals surface area (Å²) in [6.07, 6.45) is 10.4. The molecule has 5 nitrogen and oxygen atoms in total. The fourth-order valence-corrected chi connectivity index (χ4v) is 11.1. The van der Waals surface area contributed by atoms with Crippen molar-refractivity contribution >= 4 is 0 Å². The smallest absolute Gasteiger partial charge is 0.201 e. The van der Waals surface area contributed by atoms with Gasteiger partial charge in [0, 0.05) is 95.6 Å². The molecule has 85 heavy (non-hydrogen) atoms. The first-order valence-electron chi connectivity index (χ1n) is 33.5. The van der Waals surface area contributed by atoms with Crippen LogP contribution in [0.2, 0.25) is 0 Å². The van der Waals surface area contributed by atoms with Crippen LogP contribution in [-0.2, 0) is 67.2 Å². The third kappa shape index (κ3) is 16.8. The van der Waals surface area contributed by atoms with Crippen molar-refractivity contribution < 1.29 is 32.4 Å². The minimum Gasteiger partial charge on any atom is -0.201 e. The molecule has 0 aliphatic heterocycles. The van der Waals surface area contributed by atoms with Crippen molar-refractivity contribution in [1.82, 2.24) is 0 Å². The van der Waals surface area contributed by atoms with Gasteiger partial charge in [-0.05, 0) is 187 Å². The molecular weight excluding hydrogens is 1030 g/mol. The van der Waals surface area contributed by atoms with Gasteiger partial charge in [0.05, 0.1) is 0 Å². The van der Waals surface area contributed by atoms with E-state index in [9.17, 15) is 0 Å². The summed E-state index contributed by atoms with van der Waals surface area (Å²) in [5.74, 6) is 0. The van der Waals surface area contributed by atoms with Gasteiger partial charge in [0.1, 0.15) is 35.2 Å². The number of aromatic nitrogens is 5.